The van der Waals surface area contributed by atoms with E-state index in [9.17, 15) is 16.8 Å². The molecule has 29 heavy (non-hydrogen) atoms. The summed E-state index contributed by atoms with van der Waals surface area (Å²) in [7, 11) is -7.24. The Morgan fingerprint density at radius 1 is 0.828 bits per heavy atom. The van der Waals surface area contributed by atoms with Crippen molar-refractivity contribution >= 4 is 20.2 Å². The number of fused-ring (bicyclic) bond motifs is 1. The molecule has 1 aliphatic carbocycles. The Morgan fingerprint density at radius 2 is 1.41 bits per heavy atom. The van der Waals surface area contributed by atoms with Crippen LogP contribution in [0.5, 0.6) is 0 Å². The molecule has 0 amide bonds. The minimum Gasteiger partial charge on any atom is -0.373 e. The minimum absolute atomic E-state index is 0.157. The molecule has 0 saturated carbocycles. The van der Waals surface area contributed by atoms with Crippen molar-refractivity contribution < 1.29 is 21.6 Å². The van der Waals surface area contributed by atoms with E-state index in [1.54, 1.807) is 12.1 Å². The molecule has 10 heteroatoms. The number of hydrogen-bond donors (Lipinski definition) is 0. The summed E-state index contributed by atoms with van der Waals surface area (Å²) < 4.78 is 62.0. The summed E-state index contributed by atoms with van der Waals surface area (Å²) in [6.07, 6.45) is 2.67. The quantitative estimate of drug-likeness (QED) is 0.688. The average Bonchev–Trinajstić information content (AvgIpc) is 3.15. The molecular formula is C19H29N3O5S2. The number of aryl methyl sites for hydroxylation is 2. The molecule has 0 spiro atoms. The molecule has 8 nitrogen and oxygen atoms in total. The van der Waals surface area contributed by atoms with Gasteiger partial charge >= 0.3 is 0 Å². The Kier molecular flexibility index (Phi) is 5.77. The smallest absolute Gasteiger partial charge is 0.282 e. The molecule has 0 unspecified atom stereocenters. The number of benzene rings is 1. The number of ether oxygens (including phenoxy) is 1. The molecule has 1 aromatic rings. The Morgan fingerprint density at radius 3 is 2.07 bits per heavy atom. The summed E-state index contributed by atoms with van der Waals surface area (Å²) in [6, 6.07) is 5.38. The van der Waals surface area contributed by atoms with Crippen LogP contribution in [0.25, 0.3) is 0 Å². The van der Waals surface area contributed by atoms with Crippen molar-refractivity contribution in [3.05, 3.63) is 29.3 Å². The summed E-state index contributed by atoms with van der Waals surface area (Å²) in [6.45, 7) is 5.00. The largest absolute Gasteiger partial charge is 0.373 e. The molecular weight excluding hydrogens is 414 g/mol. The third-order valence-corrected chi connectivity index (χ3v) is 9.81. The second kappa shape index (κ2) is 7.90. The van der Waals surface area contributed by atoms with Gasteiger partial charge in [-0.1, -0.05) is 6.07 Å². The highest BCUT2D eigenvalue weighted by atomic mass is 32.2. The van der Waals surface area contributed by atoms with E-state index in [2.05, 4.69) is 0 Å². The molecule has 2 atom stereocenters. The molecule has 0 radical (unpaired) electrons. The SMILES string of the molecule is C[C@H]1CN(S(=O)(=O)N2CCN(S(=O)(=O)c3ccc4c(c3)CCC4)CC2)C[C@H](C)O1. The van der Waals surface area contributed by atoms with Gasteiger partial charge in [-0.25, -0.2) is 8.42 Å². The predicted octanol–water partition coefficient (Wildman–Crippen LogP) is 0.836. The van der Waals surface area contributed by atoms with Crippen molar-refractivity contribution in [1.82, 2.24) is 12.9 Å². The lowest BCUT2D eigenvalue weighted by atomic mass is 10.1. The van der Waals surface area contributed by atoms with Crippen molar-refractivity contribution in [2.45, 2.75) is 50.2 Å². The van der Waals surface area contributed by atoms with Gasteiger partial charge in [0, 0.05) is 39.3 Å². The minimum atomic E-state index is -3.63. The van der Waals surface area contributed by atoms with E-state index in [0.717, 1.165) is 24.8 Å². The summed E-state index contributed by atoms with van der Waals surface area (Å²) in [4.78, 5) is 0.310. The highest BCUT2D eigenvalue weighted by Crippen LogP contribution is 2.27. The third-order valence-electron chi connectivity index (χ3n) is 5.94. The Balaban J connectivity index is 1.45. The van der Waals surface area contributed by atoms with Crippen LogP contribution in [0.15, 0.2) is 23.1 Å². The third kappa shape index (κ3) is 4.11. The fraction of sp³-hybridized carbons (Fsp3) is 0.684. The van der Waals surface area contributed by atoms with Gasteiger partial charge in [-0.05, 0) is 56.4 Å². The van der Waals surface area contributed by atoms with Gasteiger partial charge in [0.2, 0.25) is 10.0 Å². The van der Waals surface area contributed by atoms with Crippen LogP contribution < -0.4 is 0 Å². The van der Waals surface area contributed by atoms with Crippen molar-refractivity contribution in [2.75, 3.05) is 39.3 Å². The first-order valence-corrected chi connectivity index (χ1v) is 13.0. The number of sulfonamides is 1. The van der Waals surface area contributed by atoms with Crippen LogP contribution in [-0.2, 0) is 37.8 Å². The molecule has 1 aromatic carbocycles. The average molecular weight is 444 g/mol. The lowest BCUT2D eigenvalue weighted by Crippen LogP contribution is -2.57. The van der Waals surface area contributed by atoms with E-state index >= 15 is 0 Å². The van der Waals surface area contributed by atoms with Crippen LogP contribution in [-0.4, -0.2) is 81.2 Å². The standard InChI is InChI=1S/C19H29N3O5S2/c1-15-13-22(14-16(2)27-15)29(25,26)21-10-8-20(9-11-21)28(23,24)19-7-6-17-4-3-5-18(17)12-19/h6-7,12,15-16H,3-5,8-11,13-14H2,1-2H3/t15-,16-/m0/s1. The van der Waals surface area contributed by atoms with Crippen molar-refractivity contribution in [2.24, 2.45) is 0 Å². The van der Waals surface area contributed by atoms with Crippen LogP contribution in [0.4, 0.5) is 0 Å². The van der Waals surface area contributed by atoms with Gasteiger partial charge < -0.3 is 4.74 Å². The van der Waals surface area contributed by atoms with Gasteiger partial charge in [0.1, 0.15) is 0 Å². The van der Waals surface area contributed by atoms with Gasteiger partial charge in [0.05, 0.1) is 17.1 Å². The zero-order valence-electron chi connectivity index (χ0n) is 17.0. The molecule has 2 saturated heterocycles. The molecule has 0 N–H and O–H groups in total. The van der Waals surface area contributed by atoms with Gasteiger partial charge in [-0.2, -0.15) is 21.3 Å². The molecule has 2 heterocycles. The van der Waals surface area contributed by atoms with Gasteiger partial charge in [0.15, 0.2) is 0 Å². The topological polar surface area (TPSA) is 87.2 Å². The number of morpholine rings is 1. The monoisotopic (exact) mass is 443 g/mol. The molecule has 0 aromatic heterocycles. The maximum atomic E-state index is 13.1. The Bertz CT molecular complexity index is 962. The second-order valence-corrected chi connectivity index (χ2v) is 12.0. The van der Waals surface area contributed by atoms with E-state index < -0.39 is 20.2 Å². The van der Waals surface area contributed by atoms with E-state index in [1.165, 1.54) is 18.5 Å². The zero-order chi connectivity index (χ0) is 20.8. The van der Waals surface area contributed by atoms with E-state index in [-0.39, 0.29) is 38.4 Å². The first-order valence-electron chi connectivity index (χ1n) is 10.2. The van der Waals surface area contributed by atoms with Gasteiger partial charge in [0.25, 0.3) is 10.2 Å². The van der Waals surface area contributed by atoms with Crippen LogP contribution >= 0.6 is 0 Å². The molecule has 4 rings (SSSR count). The van der Waals surface area contributed by atoms with E-state index in [4.69, 9.17) is 4.74 Å². The summed E-state index contributed by atoms with van der Waals surface area (Å²) in [5, 5.41) is 0. The van der Waals surface area contributed by atoms with Crippen molar-refractivity contribution in [1.29, 1.82) is 0 Å². The molecule has 3 aliphatic rings. The fourth-order valence-electron chi connectivity index (χ4n) is 4.48. The first-order chi connectivity index (χ1) is 13.7. The zero-order valence-corrected chi connectivity index (χ0v) is 18.6. The van der Waals surface area contributed by atoms with Crippen LogP contribution in [0.3, 0.4) is 0 Å². The fourth-order valence-corrected chi connectivity index (χ4v) is 7.70. The van der Waals surface area contributed by atoms with Gasteiger partial charge in [-0.3, -0.25) is 0 Å². The lowest BCUT2D eigenvalue weighted by molar-refractivity contribution is -0.0456. The predicted molar refractivity (Wildman–Crippen MR) is 109 cm³/mol. The summed E-state index contributed by atoms with van der Waals surface area (Å²) in [5.74, 6) is 0. The number of rotatable bonds is 4. The first kappa shape index (κ1) is 21.2. The number of piperazine rings is 1. The normalized spacial score (nSPS) is 27.8. The van der Waals surface area contributed by atoms with Crippen LogP contribution in [0.2, 0.25) is 0 Å². The Hall–Kier alpha value is -1.04. The summed E-state index contributed by atoms with van der Waals surface area (Å²) >= 11 is 0. The second-order valence-electron chi connectivity index (χ2n) is 8.17. The van der Waals surface area contributed by atoms with Crippen molar-refractivity contribution in [3.63, 3.8) is 0 Å². The molecule has 2 fully saturated rings. The maximum absolute atomic E-state index is 13.1. The van der Waals surface area contributed by atoms with E-state index in [0.29, 0.717) is 18.0 Å². The van der Waals surface area contributed by atoms with Crippen molar-refractivity contribution in [3.8, 4) is 0 Å². The highest BCUT2D eigenvalue weighted by Gasteiger charge is 2.38. The summed E-state index contributed by atoms with van der Waals surface area (Å²) in [5.41, 5.74) is 2.34. The molecule has 162 valence electrons. The number of hydrogen-bond acceptors (Lipinski definition) is 5. The maximum Gasteiger partial charge on any atom is 0.282 e. The Labute approximate surface area is 173 Å². The lowest BCUT2D eigenvalue weighted by Gasteiger charge is -2.40. The van der Waals surface area contributed by atoms with E-state index in [1.807, 2.05) is 19.9 Å². The highest BCUT2D eigenvalue weighted by molar-refractivity contribution is 7.89. The number of nitrogens with zero attached hydrogens (tertiary/aromatic N) is 3. The molecule has 0 bridgehead atoms. The molecule has 2 aliphatic heterocycles. The van der Waals surface area contributed by atoms with Gasteiger partial charge in [-0.15, -0.1) is 0 Å². The van der Waals surface area contributed by atoms with Crippen LogP contribution in [0.1, 0.15) is 31.4 Å². The van der Waals surface area contributed by atoms with Crippen LogP contribution in [0, 0.1) is 0 Å².